The van der Waals surface area contributed by atoms with Gasteiger partial charge in [0.25, 0.3) is 0 Å². The second-order valence-corrected chi connectivity index (χ2v) is 6.28. The van der Waals surface area contributed by atoms with E-state index in [0.29, 0.717) is 54.2 Å². The molecule has 3 aromatic rings. The summed E-state index contributed by atoms with van der Waals surface area (Å²) in [6, 6.07) is 3.68. The van der Waals surface area contributed by atoms with E-state index in [-0.39, 0.29) is 0 Å². The summed E-state index contributed by atoms with van der Waals surface area (Å²) in [4.78, 5) is 13.6. The second kappa shape index (κ2) is 10.0. The fraction of sp³-hybridized carbons (Fsp3) is 0.389. The fourth-order valence-corrected chi connectivity index (χ4v) is 2.70. The van der Waals surface area contributed by atoms with Crippen LogP contribution >= 0.6 is 12.2 Å². The van der Waals surface area contributed by atoms with Gasteiger partial charge in [-0.25, -0.2) is 9.97 Å². The molecule has 3 heterocycles. The Morgan fingerprint density at radius 3 is 2.89 bits per heavy atom. The smallest absolute Gasteiger partial charge is 0.180 e. The number of rotatable bonds is 9. The highest BCUT2D eigenvalue weighted by atomic mass is 32.1. The summed E-state index contributed by atoms with van der Waals surface area (Å²) in [5.74, 6) is 0.619. The number of nitrogens with one attached hydrogen (secondary N) is 2. The van der Waals surface area contributed by atoms with Crippen LogP contribution in [0.1, 0.15) is 6.92 Å². The summed E-state index contributed by atoms with van der Waals surface area (Å²) in [5, 5.41) is 10.9. The van der Waals surface area contributed by atoms with Crippen molar-refractivity contribution >= 4 is 34.3 Å². The van der Waals surface area contributed by atoms with Crippen LogP contribution in [-0.2, 0) is 16.0 Å². The van der Waals surface area contributed by atoms with Gasteiger partial charge in [0.15, 0.2) is 10.8 Å². The summed E-state index contributed by atoms with van der Waals surface area (Å²) in [6.07, 6.45) is 5.39. The lowest BCUT2D eigenvalue weighted by Crippen LogP contribution is -2.28. The largest absolute Gasteiger partial charge is 0.382 e. The number of pyridine rings is 1. The maximum atomic E-state index is 5.47. The molecule has 0 bridgehead atoms. The summed E-state index contributed by atoms with van der Waals surface area (Å²) in [7, 11) is 1.65. The van der Waals surface area contributed by atoms with Gasteiger partial charge in [0.2, 0.25) is 0 Å². The van der Waals surface area contributed by atoms with E-state index in [2.05, 4.69) is 30.7 Å². The first-order valence-electron chi connectivity index (χ1n) is 8.97. The molecular formula is C18H23N7O2S. The molecule has 0 aliphatic carbocycles. The zero-order valence-electron chi connectivity index (χ0n) is 15.9. The van der Waals surface area contributed by atoms with Crippen molar-refractivity contribution in [2.24, 2.45) is 0 Å². The molecule has 0 saturated heterocycles. The Hall–Kier alpha value is -2.69. The third-order valence-electron chi connectivity index (χ3n) is 3.81. The standard InChI is InChI=1S/C18H23N7O2S/c1-3-19-18(28)24-16-5-4-14-17(23-16)22-15(11-20-14)13-10-21-25(12-13)6-7-27-9-8-26-2/h4-5,10-12H,3,6-9H2,1-2H3,(H2,19,22,23,24,28). The average molecular weight is 401 g/mol. The molecule has 28 heavy (non-hydrogen) atoms. The van der Waals surface area contributed by atoms with Gasteiger partial charge < -0.3 is 20.1 Å². The van der Waals surface area contributed by atoms with E-state index in [9.17, 15) is 0 Å². The van der Waals surface area contributed by atoms with Gasteiger partial charge in [-0.15, -0.1) is 0 Å². The van der Waals surface area contributed by atoms with E-state index in [1.165, 1.54) is 0 Å². The lowest BCUT2D eigenvalue weighted by atomic mass is 10.2. The fourth-order valence-electron chi connectivity index (χ4n) is 2.45. The molecule has 2 N–H and O–H groups in total. The molecule has 0 aliphatic rings. The van der Waals surface area contributed by atoms with E-state index >= 15 is 0 Å². The van der Waals surface area contributed by atoms with Crippen molar-refractivity contribution < 1.29 is 9.47 Å². The third-order valence-corrected chi connectivity index (χ3v) is 4.06. The van der Waals surface area contributed by atoms with Crippen molar-refractivity contribution in [2.75, 3.05) is 38.8 Å². The van der Waals surface area contributed by atoms with Crippen molar-refractivity contribution in [2.45, 2.75) is 13.5 Å². The molecule has 3 aromatic heterocycles. The monoisotopic (exact) mass is 401 g/mol. The molecule has 0 fully saturated rings. The van der Waals surface area contributed by atoms with Gasteiger partial charge in [0.05, 0.1) is 44.5 Å². The minimum Gasteiger partial charge on any atom is -0.382 e. The Bertz CT molecular complexity index is 931. The highest BCUT2D eigenvalue weighted by molar-refractivity contribution is 7.80. The van der Waals surface area contributed by atoms with Gasteiger partial charge in [-0.05, 0) is 31.3 Å². The Labute approximate surface area is 168 Å². The van der Waals surface area contributed by atoms with Gasteiger partial charge in [-0.3, -0.25) is 9.67 Å². The van der Waals surface area contributed by atoms with E-state index in [1.807, 2.05) is 29.9 Å². The average Bonchev–Trinajstić information content (AvgIpc) is 3.16. The molecule has 0 radical (unpaired) electrons. The van der Waals surface area contributed by atoms with Crippen molar-refractivity contribution in [3.8, 4) is 11.3 Å². The molecule has 0 amide bonds. The van der Waals surface area contributed by atoms with Crippen LogP contribution in [0.15, 0.2) is 30.7 Å². The number of thiocarbonyl (C=S) groups is 1. The Morgan fingerprint density at radius 2 is 2.07 bits per heavy atom. The van der Waals surface area contributed by atoms with Gasteiger partial charge in [0, 0.05) is 25.4 Å². The van der Waals surface area contributed by atoms with Gasteiger partial charge in [-0.1, -0.05) is 0 Å². The van der Waals surface area contributed by atoms with Crippen molar-refractivity contribution in [1.82, 2.24) is 30.0 Å². The van der Waals surface area contributed by atoms with Crippen LogP contribution in [-0.4, -0.2) is 63.3 Å². The van der Waals surface area contributed by atoms with E-state index in [0.717, 1.165) is 12.1 Å². The molecule has 148 valence electrons. The first-order valence-corrected chi connectivity index (χ1v) is 9.38. The molecule has 10 heteroatoms. The third kappa shape index (κ3) is 5.41. The van der Waals surface area contributed by atoms with Gasteiger partial charge >= 0.3 is 0 Å². The van der Waals surface area contributed by atoms with Gasteiger partial charge in [0.1, 0.15) is 11.3 Å². The van der Waals surface area contributed by atoms with Crippen LogP contribution in [0.3, 0.4) is 0 Å². The Kier molecular flexibility index (Phi) is 7.18. The summed E-state index contributed by atoms with van der Waals surface area (Å²) < 4.78 is 12.2. The minimum absolute atomic E-state index is 0.521. The van der Waals surface area contributed by atoms with Crippen LogP contribution in [0.2, 0.25) is 0 Å². The SMILES string of the molecule is CCNC(=S)Nc1ccc2ncc(-c3cnn(CCOCCOC)c3)nc2n1. The predicted octanol–water partition coefficient (Wildman–Crippen LogP) is 1.86. The number of aromatic nitrogens is 5. The van der Waals surface area contributed by atoms with Crippen molar-refractivity contribution in [3.63, 3.8) is 0 Å². The van der Waals surface area contributed by atoms with Crippen molar-refractivity contribution in [3.05, 3.63) is 30.7 Å². The molecular weight excluding hydrogens is 378 g/mol. The van der Waals surface area contributed by atoms with Crippen LogP contribution in [0.5, 0.6) is 0 Å². The van der Waals surface area contributed by atoms with Gasteiger partial charge in [-0.2, -0.15) is 5.10 Å². The predicted molar refractivity (Wildman–Crippen MR) is 111 cm³/mol. The number of methoxy groups -OCH3 is 1. The highest BCUT2D eigenvalue weighted by Crippen LogP contribution is 2.19. The summed E-state index contributed by atoms with van der Waals surface area (Å²) in [6.45, 7) is 5.09. The minimum atomic E-state index is 0.521. The van der Waals surface area contributed by atoms with E-state index in [1.54, 1.807) is 19.5 Å². The number of ether oxygens (including phenoxy) is 2. The van der Waals surface area contributed by atoms with E-state index < -0.39 is 0 Å². The number of anilines is 1. The maximum Gasteiger partial charge on any atom is 0.180 e. The number of hydrogen-bond acceptors (Lipinski definition) is 7. The van der Waals surface area contributed by atoms with Crippen LogP contribution in [0, 0.1) is 0 Å². The molecule has 0 aromatic carbocycles. The molecule has 3 rings (SSSR count). The molecule has 9 nitrogen and oxygen atoms in total. The Balaban J connectivity index is 1.70. The summed E-state index contributed by atoms with van der Waals surface area (Å²) in [5.41, 5.74) is 2.83. The lowest BCUT2D eigenvalue weighted by Gasteiger charge is -2.08. The number of hydrogen-bond donors (Lipinski definition) is 2. The lowest BCUT2D eigenvalue weighted by molar-refractivity contribution is 0.0654. The van der Waals surface area contributed by atoms with Crippen LogP contribution in [0.4, 0.5) is 5.82 Å². The summed E-state index contributed by atoms with van der Waals surface area (Å²) >= 11 is 5.19. The molecule has 0 aliphatic heterocycles. The van der Waals surface area contributed by atoms with Crippen molar-refractivity contribution in [1.29, 1.82) is 0 Å². The normalized spacial score (nSPS) is 10.9. The van der Waals surface area contributed by atoms with Crippen LogP contribution < -0.4 is 10.6 Å². The zero-order valence-corrected chi connectivity index (χ0v) is 16.7. The zero-order chi connectivity index (χ0) is 19.8. The number of nitrogens with zero attached hydrogens (tertiary/aromatic N) is 5. The molecule has 0 unspecified atom stereocenters. The topological polar surface area (TPSA) is 99.0 Å². The highest BCUT2D eigenvalue weighted by Gasteiger charge is 2.08. The van der Waals surface area contributed by atoms with Crippen LogP contribution in [0.25, 0.3) is 22.4 Å². The van der Waals surface area contributed by atoms with E-state index in [4.69, 9.17) is 21.7 Å². The maximum absolute atomic E-state index is 5.47. The first kappa shape index (κ1) is 20.1. The molecule has 0 spiro atoms. The number of fused-ring (bicyclic) bond motifs is 1. The Morgan fingerprint density at radius 1 is 1.18 bits per heavy atom. The molecule has 0 saturated carbocycles. The second-order valence-electron chi connectivity index (χ2n) is 5.88. The quantitative estimate of drug-likeness (QED) is 0.411. The molecule has 0 atom stereocenters. The first-order chi connectivity index (χ1) is 13.7.